The fraction of sp³-hybridized carbons (Fsp3) is 0.562. The lowest BCUT2D eigenvalue weighted by atomic mass is 10.00. The van der Waals surface area contributed by atoms with E-state index in [-0.39, 0.29) is 18.0 Å². The summed E-state index contributed by atoms with van der Waals surface area (Å²) in [6.45, 7) is 4.76. The van der Waals surface area contributed by atoms with Gasteiger partial charge in [-0.1, -0.05) is 0 Å². The van der Waals surface area contributed by atoms with Crippen LogP contribution in [0.5, 0.6) is 5.75 Å². The highest BCUT2D eigenvalue weighted by atomic mass is 16.5. The topological polar surface area (TPSA) is 35.5 Å². The van der Waals surface area contributed by atoms with Crippen LogP contribution in [0.3, 0.4) is 0 Å². The Hall–Kier alpha value is -1.35. The lowest BCUT2D eigenvalue weighted by Gasteiger charge is -2.21. The van der Waals surface area contributed by atoms with Gasteiger partial charge in [0.2, 0.25) is 0 Å². The van der Waals surface area contributed by atoms with Crippen molar-refractivity contribution in [1.29, 1.82) is 0 Å². The van der Waals surface area contributed by atoms with E-state index < -0.39 is 0 Å². The number of hydrogen-bond donors (Lipinski definition) is 0. The molecule has 0 saturated carbocycles. The second kappa shape index (κ2) is 6.71. The van der Waals surface area contributed by atoms with Gasteiger partial charge >= 0.3 is 0 Å². The third kappa shape index (κ3) is 4.35. The number of ether oxygens (including phenoxy) is 2. The second-order valence-corrected chi connectivity index (χ2v) is 5.31. The van der Waals surface area contributed by atoms with Crippen molar-refractivity contribution in [2.45, 2.75) is 51.7 Å². The van der Waals surface area contributed by atoms with E-state index in [1.807, 2.05) is 38.1 Å². The molecule has 1 aliphatic rings. The van der Waals surface area contributed by atoms with Crippen molar-refractivity contribution in [3.8, 4) is 5.75 Å². The van der Waals surface area contributed by atoms with Gasteiger partial charge in [-0.25, -0.2) is 0 Å². The molecule has 0 aliphatic carbocycles. The summed E-state index contributed by atoms with van der Waals surface area (Å²) in [5.41, 5.74) is 0.741. The van der Waals surface area contributed by atoms with E-state index >= 15 is 0 Å². The maximum Gasteiger partial charge on any atom is 0.165 e. The van der Waals surface area contributed by atoms with Crippen molar-refractivity contribution in [1.82, 2.24) is 0 Å². The van der Waals surface area contributed by atoms with Crippen LogP contribution in [0.15, 0.2) is 24.3 Å². The van der Waals surface area contributed by atoms with E-state index in [9.17, 15) is 4.79 Å². The summed E-state index contributed by atoms with van der Waals surface area (Å²) in [6, 6.07) is 7.38. The molecule has 1 heterocycles. The predicted molar refractivity (Wildman–Crippen MR) is 74.7 cm³/mol. The average molecular weight is 262 g/mol. The fourth-order valence-electron chi connectivity index (χ4n) is 2.28. The third-order valence-corrected chi connectivity index (χ3v) is 3.24. The smallest absolute Gasteiger partial charge is 0.165 e. The van der Waals surface area contributed by atoms with Crippen LogP contribution >= 0.6 is 0 Å². The van der Waals surface area contributed by atoms with Crippen molar-refractivity contribution < 1.29 is 14.3 Å². The lowest BCUT2D eigenvalue weighted by Crippen LogP contribution is -2.22. The zero-order valence-electron chi connectivity index (χ0n) is 11.7. The number of rotatable bonds is 5. The monoisotopic (exact) mass is 262 g/mol. The molecule has 0 bridgehead atoms. The van der Waals surface area contributed by atoms with E-state index in [1.54, 1.807) is 0 Å². The molecule has 0 spiro atoms. The Morgan fingerprint density at radius 2 is 2.05 bits per heavy atom. The van der Waals surface area contributed by atoms with Gasteiger partial charge in [-0.2, -0.15) is 0 Å². The van der Waals surface area contributed by atoms with Crippen molar-refractivity contribution in [2.75, 3.05) is 6.61 Å². The van der Waals surface area contributed by atoms with Crippen LogP contribution in [0.25, 0.3) is 0 Å². The Morgan fingerprint density at radius 1 is 1.32 bits per heavy atom. The van der Waals surface area contributed by atoms with Crippen LogP contribution < -0.4 is 4.74 Å². The minimum Gasteiger partial charge on any atom is -0.491 e. The summed E-state index contributed by atoms with van der Waals surface area (Å²) in [4.78, 5) is 12.1. The van der Waals surface area contributed by atoms with Crippen LogP contribution in [-0.2, 0) is 4.74 Å². The van der Waals surface area contributed by atoms with Gasteiger partial charge in [0.25, 0.3) is 0 Å². The Balaban J connectivity index is 1.91. The largest absolute Gasteiger partial charge is 0.491 e. The number of Topliss-reactive ketones (excluding diaryl/α,β-unsaturated/α-hetero) is 1. The molecule has 3 heteroatoms. The maximum absolute atomic E-state index is 12.1. The molecule has 1 aromatic rings. The molecule has 0 aromatic heterocycles. The molecule has 1 aromatic carbocycles. The molecule has 1 saturated heterocycles. The first-order valence-electron chi connectivity index (χ1n) is 7.06. The molecule has 1 atom stereocenters. The lowest BCUT2D eigenvalue weighted by molar-refractivity contribution is 0.0129. The van der Waals surface area contributed by atoms with Gasteiger partial charge < -0.3 is 9.47 Å². The number of hydrogen-bond acceptors (Lipinski definition) is 3. The molecule has 19 heavy (non-hydrogen) atoms. The first kappa shape index (κ1) is 14.1. The third-order valence-electron chi connectivity index (χ3n) is 3.24. The Bertz CT molecular complexity index is 403. The summed E-state index contributed by atoms with van der Waals surface area (Å²) in [5.74, 6) is 0.962. The van der Waals surface area contributed by atoms with Crippen LogP contribution in [0.4, 0.5) is 0 Å². The summed E-state index contributed by atoms with van der Waals surface area (Å²) in [6.07, 6.45) is 4.03. The molecule has 0 radical (unpaired) electrons. The molecule has 0 N–H and O–H groups in total. The van der Waals surface area contributed by atoms with Crippen molar-refractivity contribution in [3.05, 3.63) is 29.8 Å². The zero-order chi connectivity index (χ0) is 13.7. The molecule has 1 aliphatic heterocycles. The predicted octanol–water partition coefficient (Wildman–Crippen LogP) is 3.62. The molecule has 104 valence electrons. The van der Waals surface area contributed by atoms with Crippen LogP contribution in [-0.4, -0.2) is 24.6 Å². The molecular weight excluding hydrogens is 240 g/mol. The van der Waals surface area contributed by atoms with Gasteiger partial charge in [0.1, 0.15) is 5.75 Å². The number of ketones is 1. The average Bonchev–Trinajstić information content (AvgIpc) is 2.40. The van der Waals surface area contributed by atoms with Crippen molar-refractivity contribution in [3.63, 3.8) is 0 Å². The van der Waals surface area contributed by atoms with Gasteiger partial charge in [-0.15, -0.1) is 0 Å². The molecule has 2 rings (SSSR count). The zero-order valence-corrected chi connectivity index (χ0v) is 11.7. The highest BCUT2D eigenvalue weighted by Crippen LogP contribution is 2.19. The first-order chi connectivity index (χ1) is 9.15. The molecule has 1 unspecified atom stereocenters. The van der Waals surface area contributed by atoms with E-state index in [0.717, 1.165) is 30.8 Å². The normalized spacial score (nSPS) is 19.4. The number of carbonyl (C=O) groups excluding carboxylic acids is 1. The molecule has 3 nitrogen and oxygen atoms in total. The van der Waals surface area contributed by atoms with Crippen LogP contribution in [0.2, 0.25) is 0 Å². The Labute approximate surface area is 114 Å². The fourth-order valence-corrected chi connectivity index (χ4v) is 2.28. The van der Waals surface area contributed by atoms with E-state index in [1.165, 1.54) is 6.42 Å². The summed E-state index contributed by atoms with van der Waals surface area (Å²) in [5, 5.41) is 0. The highest BCUT2D eigenvalue weighted by molar-refractivity contribution is 5.96. The van der Waals surface area contributed by atoms with Crippen LogP contribution in [0, 0.1) is 0 Å². The Kier molecular flexibility index (Phi) is 4.97. The standard InChI is InChI=1S/C16H22O3/c1-12(2)19-14-8-6-13(7-9-14)16(17)11-15-5-3-4-10-18-15/h6-9,12,15H,3-5,10-11H2,1-2H3. The Morgan fingerprint density at radius 3 is 2.63 bits per heavy atom. The van der Waals surface area contributed by atoms with Gasteiger partial charge in [-0.05, 0) is 57.4 Å². The van der Waals surface area contributed by atoms with Gasteiger partial charge in [0, 0.05) is 18.6 Å². The van der Waals surface area contributed by atoms with Gasteiger partial charge in [-0.3, -0.25) is 4.79 Å². The highest BCUT2D eigenvalue weighted by Gasteiger charge is 2.18. The summed E-state index contributed by atoms with van der Waals surface area (Å²) in [7, 11) is 0. The molecule has 0 amide bonds. The van der Waals surface area contributed by atoms with Gasteiger partial charge in [0.05, 0.1) is 12.2 Å². The quantitative estimate of drug-likeness (QED) is 0.760. The van der Waals surface area contributed by atoms with Crippen molar-refractivity contribution in [2.24, 2.45) is 0 Å². The molecular formula is C16H22O3. The minimum atomic E-state index is 0.104. The number of carbonyl (C=O) groups is 1. The second-order valence-electron chi connectivity index (χ2n) is 5.31. The first-order valence-corrected chi connectivity index (χ1v) is 7.06. The van der Waals surface area contributed by atoms with Crippen molar-refractivity contribution >= 4 is 5.78 Å². The minimum absolute atomic E-state index is 0.104. The van der Waals surface area contributed by atoms with Crippen LogP contribution in [0.1, 0.15) is 49.9 Å². The van der Waals surface area contributed by atoms with E-state index in [4.69, 9.17) is 9.47 Å². The van der Waals surface area contributed by atoms with E-state index in [0.29, 0.717) is 6.42 Å². The number of benzene rings is 1. The van der Waals surface area contributed by atoms with E-state index in [2.05, 4.69) is 0 Å². The summed E-state index contributed by atoms with van der Waals surface area (Å²) >= 11 is 0. The molecule has 1 fully saturated rings. The van der Waals surface area contributed by atoms with Gasteiger partial charge in [0.15, 0.2) is 5.78 Å². The maximum atomic E-state index is 12.1. The summed E-state index contributed by atoms with van der Waals surface area (Å²) < 4.78 is 11.2. The SMILES string of the molecule is CC(C)Oc1ccc(C(=O)CC2CCCCO2)cc1.